The van der Waals surface area contributed by atoms with Gasteiger partial charge in [-0.05, 0) is 24.6 Å². The molecule has 2 N–H and O–H groups in total. The van der Waals surface area contributed by atoms with Crippen LogP contribution in [0.4, 0.5) is 0 Å². The van der Waals surface area contributed by atoms with Gasteiger partial charge in [0.15, 0.2) is 5.82 Å². The van der Waals surface area contributed by atoms with E-state index in [9.17, 15) is 0 Å². The van der Waals surface area contributed by atoms with E-state index in [-0.39, 0.29) is 5.41 Å². The Hall–Kier alpha value is -1.74. The molecule has 0 aliphatic heterocycles. The Kier molecular flexibility index (Phi) is 3.96. The summed E-state index contributed by atoms with van der Waals surface area (Å²) in [6.07, 6.45) is 2.74. The fraction of sp³-hybridized carbons (Fsp3) is 0.375. The molecule has 0 bridgehead atoms. The summed E-state index contributed by atoms with van der Waals surface area (Å²) in [5, 5.41) is 0. The van der Waals surface area contributed by atoms with Gasteiger partial charge in [-0.1, -0.05) is 45.0 Å². The van der Waals surface area contributed by atoms with Crippen molar-refractivity contribution in [3.8, 4) is 11.4 Å². The number of hydrogen-bond acceptors (Lipinski definition) is 3. The molecule has 0 unspecified atom stereocenters. The van der Waals surface area contributed by atoms with E-state index in [1.807, 2.05) is 12.3 Å². The highest BCUT2D eigenvalue weighted by molar-refractivity contribution is 5.55. The highest BCUT2D eigenvalue weighted by Gasteiger charge is 2.16. The molecule has 0 aliphatic rings. The van der Waals surface area contributed by atoms with E-state index in [0.29, 0.717) is 6.54 Å². The lowest BCUT2D eigenvalue weighted by molar-refractivity contribution is 0.568. The Morgan fingerprint density at radius 2 is 1.74 bits per heavy atom. The molecule has 0 saturated heterocycles. The van der Waals surface area contributed by atoms with Crippen LogP contribution >= 0.6 is 0 Å². The Morgan fingerprint density at radius 3 is 2.32 bits per heavy atom. The molecule has 1 heterocycles. The molecule has 2 aromatic rings. The van der Waals surface area contributed by atoms with E-state index in [4.69, 9.17) is 5.73 Å². The Balaban J connectivity index is 2.31. The maximum absolute atomic E-state index is 5.55. The summed E-state index contributed by atoms with van der Waals surface area (Å²) in [5.74, 6) is 0.784. The van der Waals surface area contributed by atoms with Crippen molar-refractivity contribution >= 4 is 0 Å². The summed E-state index contributed by atoms with van der Waals surface area (Å²) >= 11 is 0. The summed E-state index contributed by atoms with van der Waals surface area (Å²) in [6, 6.07) is 10.3. The molecule has 0 atom stereocenters. The summed E-state index contributed by atoms with van der Waals surface area (Å²) in [5.41, 5.74) is 8.95. The van der Waals surface area contributed by atoms with Crippen LogP contribution in [0.2, 0.25) is 0 Å². The molecule has 0 aliphatic carbocycles. The van der Waals surface area contributed by atoms with Gasteiger partial charge in [0, 0.05) is 22.9 Å². The van der Waals surface area contributed by atoms with Gasteiger partial charge in [-0.3, -0.25) is 0 Å². The van der Waals surface area contributed by atoms with Crippen LogP contribution in [0.1, 0.15) is 32.0 Å². The van der Waals surface area contributed by atoms with Crippen LogP contribution in [0.15, 0.2) is 36.5 Å². The van der Waals surface area contributed by atoms with Gasteiger partial charge < -0.3 is 5.73 Å². The van der Waals surface area contributed by atoms with Gasteiger partial charge in [0.2, 0.25) is 0 Å². The molecular formula is C16H21N3. The second-order valence-corrected chi connectivity index (χ2v) is 5.75. The SMILES string of the molecule is CC(C)(C)c1ccnc(-c2ccc(CCN)cc2)n1. The predicted octanol–water partition coefficient (Wildman–Crippen LogP) is 2.94. The van der Waals surface area contributed by atoms with E-state index >= 15 is 0 Å². The van der Waals surface area contributed by atoms with Crippen molar-refractivity contribution < 1.29 is 0 Å². The van der Waals surface area contributed by atoms with Crippen molar-refractivity contribution in [1.29, 1.82) is 0 Å². The van der Waals surface area contributed by atoms with Crippen molar-refractivity contribution in [2.24, 2.45) is 5.73 Å². The number of hydrogen-bond donors (Lipinski definition) is 1. The Morgan fingerprint density at radius 1 is 1.05 bits per heavy atom. The van der Waals surface area contributed by atoms with Crippen molar-refractivity contribution in [3.63, 3.8) is 0 Å². The minimum atomic E-state index is 0.0389. The molecule has 0 radical (unpaired) electrons. The largest absolute Gasteiger partial charge is 0.330 e. The zero-order chi connectivity index (χ0) is 13.9. The molecular weight excluding hydrogens is 234 g/mol. The Bertz CT molecular complexity index is 539. The summed E-state index contributed by atoms with van der Waals surface area (Å²) < 4.78 is 0. The van der Waals surface area contributed by atoms with E-state index in [1.54, 1.807) is 0 Å². The molecule has 3 nitrogen and oxygen atoms in total. The predicted molar refractivity (Wildman–Crippen MR) is 78.9 cm³/mol. The fourth-order valence-electron chi connectivity index (χ4n) is 1.90. The normalized spacial score (nSPS) is 11.6. The molecule has 0 spiro atoms. The third-order valence-corrected chi connectivity index (χ3v) is 3.07. The average Bonchev–Trinajstić information content (AvgIpc) is 2.39. The zero-order valence-corrected chi connectivity index (χ0v) is 11.9. The molecule has 0 saturated carbocycles. The molecule has 3 heteroatoms. The van der Waals surface area contributed by atoms with E-state index in [1.165, 1.54) is 5.56 Å². The second-order valence-electron chi connectivity index (χ2n) is 5.75. The second kappa shape index (κ2) is 5.49. The number of benzene rings is 1. The first kappa shape index (κ1) is 13.7. The topological polar surface area (TPSA) is 51.8 Å². The van der Waals surface area contributed by atoms with E-state index < -0.39 is 0 Å². The van der Waals surface area contributed by atoms with Gasteiger partial charge >= 0.3 is 0 Å². The van der Waals surface area contributed by atoms with Gasteiger partial charge in [-0.2, -0.15) is 0 Å². The average molecular weight is 255 g/mol. The lowest BCUT2D eigenvalue weighted by Crippen LogP contribution is -2.14. The van der Waals surface area contributed by atoms with Gasteiger partial charge in [-0.25, -0.2) is 9.97 Å². The maximum atomic E-state index is 5.55. The van der Waals surface area contributed by atoms with Gasteiger partial charge in [-0.15, -0.1) is 0 Å². The van der Waals surface area contributed by atoms with Crippen LogP contribution < -0.4 is 5.73 Å². The molecule has 1 aromatic carbocycles. The van der Waals surface area contributed by atoms with Crippen LogP contribution in [0.3, 0.4) is 0 Å². The standard InChI is InChI=1S/C16H21N3/c1-16(2,3)14-9-11-18-15(19-14)13-6-4-12(5-7-13)8-10-17/h4-7,9,11H,8,10,17H2,1-3H3. The molecule has 1 aromatic heterocycles. The quantitative estimate of drug-likeness (QED) is 0.917. The number of rotatable bonds is 3. The maximum Gasteiger partial charge on any atom is 0.159 e. The van der Waals surface area contributed by atoms with Crippen molar-refractivity contribution in [3.05, 3.63) is 47.8 Å². The molecule has 0 fully saturated rings. The summed E-state index contributed by atoms with van der Waals surface area (Å²) in [6.45, 7) is 7.14. The van der Waals surface area contributed by atoms with Crippen molar-refractivity contribution in [1.82, 2.24) is 9.97 Å². The van der Waals surface area contributed by atoms with E-state index in [0.717, 1.165) is 23.5 Å². The van der Waals surface area contributed by atoms with Crippen LogP contribution in [0, 0.1) is 0 Å². The van der Waals surface area contributed by atoms with Crippen LogP contribution in [-0.2, 0) is 11.8 Å². The smallest absolute Gasteiger partial charge is 0.159 e. The molecule has 100 valence electrons. The highest BCUT2D eigenvalue weighted by Crippen LogP contribution is 2.22. The van der Waals surface area contributed by atoms with E-state index in [2.05, 4.69) is 55.0 Å². The van der Waals surface area contributed by atoms with Crippen LogP contribution in [-0.4, -0.2) is 16.5 Å². The van der Waals surface area contributed by atoms with Gasteiger partial charge in [0.1, 0.15) is 0 Å². The Labute approximate surface area is 114 Å². The molecule has 2 rings (SSSR count). The molecule has 0 amide bonds. The fourth-order valence-corrected chi connectivity index (χ4v) is 1.90. The minimum Gasteiger partial charge on any atom is -0.330 e. The molecule has 19 heavy (non-hydrogen) atoms. The third kappa shape index (κ3) is 3.38. The first-order chi connectivity index (χ1) is 9.00. The monoisotopic (exact) mass is 255 g/mol. The zero-order valence-electron chi connectivity index (χ0n) is 11.9. The third-order valence-electron chi connectivity index (χ3n) is 3.07. The highest BCUT2D eigenvalue weighted by atomic mass is 14.9. The van der Waals surface area contributed by atoms with Crippen molar-refractivity contribution in [2.75, 3.05) is 6.54 Å². The lowest BCUT2D eigenvalue weighted by Gasteiger charge is -2.17. The lowest BCUT2D eigenvalue weighted by atomic mass is 9.92. The summed E-state index contributed by atoms with van der Waals surface area (Å²) in [7, 11) is 0. The van der Waals surface area contributed by atoms with Crippen LogP contribution in [0.5, 0.6) is 0 Å². The van der Waals surface area contributed by atoms with Gasteiger partial charge in [0.25, 0.3) is 0 Å². The summed E-state index contributed by atoms with van der Waals surface area (Å²) in [4.78, 5) is 9.02. The first-order valence-corrected chi connectivity index (χ1v) is 6.63. The number of nitrogens with zero attached hydrogens (tertiary/aromatic N) is 2. The van der Waals surface area contributed by atoms with Crippen molar-refractivity contribution in [2.45, 2.75) is 32.6 Å². The number of nitrogens with two attached hydrogens (primary N) is 1. The minimum absolute atomic E-state index is 0.0389. The number of aromatic nitrogens is 2. The van der Waals surface area contributed by atoms with Crippen LogP contribution in [0.25, 0.3) is 11.4 Å². The first-order valence-electron chi connectivity index (χ1n) is 6.63. The van der Waals surface area contributed by atoms with Gasteiger partial charge in [0.05, 0.1) is 0 Å².